The van der Waals surface area contributed by atoms with E-state index in [9.17, 15) is 20.1 Å². The van der Waals surface area contributed by atoms with E-state index in [1.54, 1.807) is 6.92 Å². The van der Waals surface area contributed by atoms with Crippen LogP contribution in [0, 0.1) is 5.92 Å². The van der Waals surface area contributed by atoms with Crippen LogP contribution in [-0.2, 0) is 4.79 Å². The van der Waals surface area contributed by atoms with Crippen LogP contribution in [0.4, 0.5) is 11.8 Å². The van der Waals surface area contributed by atoms with Crippen molar-refractivity contribution in [3.63, 3.8) is 0 Å². The lowest BCUT2D eigenvalue weighted by Gasteiger charge is -2.31. The molecule has 0 bridgehead atoms. The van der Waals surface area contributed by atoms with Gasteiger partial charge in [-0.2, -0.15) is 4.98 Å². The molecule has 0 radical (unpaired) electrons. The maximum Gasteiger partial charge on any atom is 0.226 e. The molecule has 0 spiro atoms. The van der Waals surface area contributed by atoms with Crippen LogP contribution in [0.25, 0.3) is 20.8 Å². The zero-order chi connectivity index (χ0) is 25.4. The fourth-order valence-electron chi connectivity index (χ4n) is 4.92. The summed E-state index contributed by atoms with van der Waals surface area (Å²) in [5.41, 5.74) is 1.35. The molecule has 4 atom stereocenters. The van der Waals surface area contributed by atoms with Gasteiger partial charge < -0.3 is 30.9 Å². The lowest BCUT2D eigenvalue weighted by Crippen LogP contribution is -2.41. The van der Waals surface area contributed by atoms with E-state index in [0.717, 1.165) is 23.1 Å². The molecule has 5 N–H and O–H groups in total. The second-order valence-corrected chi connectivity index (χ2v) is 10.8. The van der Waals surface area contributed by atoms with Crippen LogP contribution in [0.1, 0.15) is 26.2 Å². The number of anilines is 2. The maximum atomic E-state index is 11.6. The van der Waals surface area contributed by atoms with Crippen molar-refractivity contribution in [1.82, 2.24) is 19.9 Å². The minimum atomic E-state index is -1.08. The Morgan fingerprint density at radius 2 is 1.89 bits per heavy atom. The van der Waals surface area contributed by atoms with Gasteiger partial charge in [0.1, 0.15) is 22.1 Å². The van der Waals surface area contributed by atoms with Gasteiger partial charge in [-0.25, -0.2) is 9.97 Å². The average molecular weight is 533 g/mol. The lowest BCUT2D eigenvalue weighted by atomic mass is 10.1. The third-order valence-electron chi connectivity index (χ3n) is 7.00. The van der Waals surface area contributed by atoms with E-state index in [2.05, 4.69) is 15.6 Å². The molecule has 1 aliphatic heterocycles. The summed E-state index contributed by atoms with van der Waals surface area (Å²) in [7, 11) is 0. The van der Waals surface area contributed by atoms with Gasteiger partial charge in [-0.15, -0.1) is 11.3 Å². The Labute approximate surface area is 217 Å². The fraction of sp³-hybridized carbons (Fsp3) is 0.500. The first-order valence-electron chi connectivity index (χ1n) is 12.0. The van der Waals surface area contributed by atoms with Gasteiger partial charge in [-0.1, -0.05) is 23.7 Å². The summed E-state index contributed by atoms with van der Waals surface area (Å²) in [4.78, 5) is 27.4. The molecule has 2 aromatic heterocycles. The number of para-hydroxylation sites is 1. The molecule has 1 amide bonds. The molecule has 5 rings (SSSR count). The van der Waals surface area contributed by atoms with E-state index in [0.29, 0.717) is 41.8 Å². The highest BCUT2D eigenvalue weighted by atomic mass is 35.5. The number of aliphatic hydroxyl groups is 3. The van der Waals surface area contributed by atoms with Crippen molar-refractivity contribution in [3.8, 4) is 10.6 Å². The molecular formula is C24H29ClN6O4S. The number of thiazole rings is 1. The number of carbonyl (C=O) groups excluding carboxylic acids is 1. The zero-order valence-corrected chi connectivity index (χ0v) is 21.3. The number of aromatic nitrogens is 3. The normalized spacial score (nSPS) is 24.9. The molecule has 4 unspecified atom stereocenters. The molecule has 2 fully saturated rings. The number of likely N-dealkylation sites (tertiary alicyclic amines) is 1. The molecule has 2 aliphatic rings. The van der Waals surface area contributed by atoms with Crippen LogP contribution < -0.4 is 10.6 Å². The summed E-state index contributed by atoms with van der Waals surface area (Å²) in [5.74, 6) is 0.357. The number of piperidine rings is 1. The molecule has 3 heterocycles. The van der Waals surface area contributed by atoms with Crippen LogP contribution in [0.3, 0.4) is 0 Å². The summed E-state index contributed by atoms with van der Waals surface area (Å²) >= 11 is 8.18. The number of carbonyl (C=O) groups is 1. The monoisotopic (exact) mass is 532 g/mol. The van der Waals surface area contributed by atoms with E-state index in [1.165, 1.54) is 11.3 Å². The summed E-state index contributed by atoms with van der Waals surface area (Å²) in [6.45, 7) is 2.66. The molecule has 1 aliphatic carbocycles. The van der Waals surface area contributed by atoms with Gasteiger partial charge in [0.15, 0.2) is 0 Å². The second kappa shape index (κ2) is 10.4. The average Bonchev–Trinajstić information content (AvgIpc) is 3.40. The van der Waals surface area contributed by atoms with Gasteiger partial charge in [0.2, 0.25) is 11.9 Å². The van der Waals surface area contributed by atoms with Gasteiger partial charge in [0.05, 0.1) is 27.9 Å². The van der Waals surface area contributed by atoms with Crippen LogP contribution in [0.2, 0.25) is 5.15 Å². The minimum absolute atomic E-state index is 0.0675. The van der Waals surface area contributed by atoms with E-state index in [4.69, 9.17) is 21.6 Å². The van der Waals surface area contributed by atoms with Gasteiger partial charge in [-0.05, 0) is 31.4 Å². The van der Waals surface area contributed by atoms with Crippen molar-refractivity contribution in [2.75, 3.05) is 30.3 Å². The van der Waals surface area contributed by atoms with Crippen molar-refractivity contribution >= 4 is 50.8 Å². The standard InChI is InChI=1S/C24H29ClN6O4S/c1-12(33)31-8-6-14(7-9-31)26-24-29-21(25)18(23-28-15-4-2-3-5-17(15)36-23)22(30-24)27-16-10-13(11-32)19(34)20(16)35/h2-5,13-14,16,19-20,32,34-35H,6-11H2,1H3,(H2,26,27,29,30). The third kappa shape index (κ3) is 4.98. The lowest BCUT2D eigenvalue weighted by molar-refractivity contribution is -0.129. The molecule has 192 valence electrons. The topological polar surface area (TPSA) is 144 Å². The number of rotatable bonds is 6. The molecule has 12 heteroatoms. The van der Waals surface area contributed by atoms with E-state index < -0.39 is 24.2 Å². The Morgan fingerprint density at radius 3 is 2.56 bits per heavy atom. The first-order chi connectivity index (χ1) is 17.3. The number of amides is 1. The van der Waals surface area contributed by atoms with Gasteiger partial charge in [0.25, 0.3) is 0 Å². The Bertz CT molecular complexity index is 1220. The van der Waals surface area contributed by atoms with Crippen molar-refractivity contribution in [1.29, 1.82) is 0 Å². The Morgan fingerprint density at radius 1 is 1.14 bits per heavy atom. The van der Waals surface area contributed by atoms with Crippen molar-refractivity contribution < 1.29 is 20.1 Å². The molecular weight excluding hydrogens is 504 g/mol. The Balaban J connectivity index is 1.47. The number of hydrogen-bond donors (Lipinski definition) is 5. The number of hydrogen-bond acceptors (Lipinski definition) is 10. The quantitative estimate of drug-likeness (QED) is 0.302. The van der Waals surface area contributed by atoms with E-state index in [1.807, 2.05) is 29.2 Å². The number of halogens is 1. The van der Waals surface area contributed by atoms with Crippen molar-refractivity contribution in [3.05, 3.63) is 29.4 Å². The van der Waals surface area contributed by atoms with Gasteiger partial charge in [0, 0.05) is 38.6 Å². The Hall–Kier alpha value is -2.57. The number of benzene rings is 1. The van der Waals surface area contributed by atoms with Crippen LogP contribution in [-0.4, -0.2) is 85.1 Å². The minimum Gasteiger partial charge on any atom is -0.396 e. The summed E-state index contributed by atoms with van der Waals surface area (Å²) in [6.07, 6.45) is -0.235. The first-order valence-corrected chi connectivity index (χ1v) is 13.2. The predicted molar refractivity (Wildman–Crippen MR) is 139 cm³/mol. The highest BCUT2D eigenvalue weighted by Crippen LogP contribution is 2.40. The molecule has 10 nitrogen and oxygen atoms in total. The molecule has 36 heavy (non-hydrogen) atoms. The maximum absolute atomic E-state index is 11.6. The smallest absolute Gasteiger partial charge is 0.226 e. The third-order valence-corrected chi connectivity index (χ3v) is 8.33. The summed E-state index contributed by atoms with van der Waals surface area (Å²) < 4.78 is 0.991. The molecule has 1 aromatic carbocycles. The highest BCUT2D eigenvalue weighted by Gasteiger charge is 2.41. The number of aliphatic hydroxyl groups excluding tert-OH is 3. The molecule has 3 aromatic rings. The van der Waals surface area contributed by atoms with Crippen LogP contribution in [0.5, 0.6) is 0 Å². The SMILES string of the molecule is CC(=O)N1CCC(Nc2nc(Cl)c(-c3nc4ccccc4s3)c(NC3CC(CO)C(O)C3O)n2)CC1. The first kappa shape index (κ1) is 25.1. The molecule has 1 saturated carbocycles. The number of nitrogens with zero attached hydrogens (tertiary/aromatic N) is 4. The van der Waals surface area contributed by atoms with Crippen molar-refractivity contribution in [2.45, 2.75) is 50.5 Å². The second-order valence-electron chi connectivity index (χ2n) is 9.38. The fourth-order valence-corrected chi connectivity index (χ4v) is 6.24. The Kier molecular flexibility index (Phi) is 7.27. The number of nitrogens with one attached hydrogen (secondary N) is 2. The van der Waals surface area contributed by atoms with E-state index in [-0.39, 0.29) is 23.7 Å². The molecule has 1 saturated heterocycles. The van der Waals surface area contributed by atoms with Gasteiger partial charge >= 0.3 is 0 Å². The van der Waals surface area contributed by atoms with Crippen molar-refractivity contribution in [2.24, 2.45) is 5.92 Å². The summed E-state index contributed by atoms with van der Waals surface area (Å²) in [5, 5.41) is 37.9. The number of fused-ring (bicyclic) bond motifs is 1. The van der Waals surface area contributed by atoms with Crippen LogP contribution in [0.15, 0.2) is 24.3 Å². The largest absolute Gasteiger partial charge is 0.396 e. The van der Waals surface area contributed by atoms with Gasteiger partial charge in [-0.3, -0.25) is 4.79 Å². The zero-order valence-electron chi connectivity index (χ0n) is 19.8. The highest BCUT2D eigenvalue weighted by molar-refractivity contribution is 7.21. The van der Waals surface area contributed by atoms with Crippen LogP contribution >= 0.6 is 22.9 Å². The predicted octanol–water partition coefficient (Wildman–Crippen LogP) is 2.34. The van der Waals surface area contributed by atoms with E-state index >= 15 is 0 Å². The summed E-state index contributed by atoms with van der Waals surface area (Å²) in [6, 6.07) is 7.29.